The fraction of sp³-hybridized carbons (Fsp3) is 0. The van der Waals surface area contributed by atoms with Crippen molar-refractivity contribution in [3.05, 3.63) is 117 Å². The first-order valence-electron chi connectivity index (χ1n) is 9.82. The molecule has 6 heteroatoms. The molecule has 0 aliphatic heterocycles. The second-order valence-electron chi connectivity index (χ2n) is 7.08. The Labute approximate surface area is 202 Å². The topological polar surface area (TPSA) is 58.2 Å². The number of benzene rings is 4. The van der Waals surface area contributed by atoms with Crippen molar-refractivity contribution in [2.75, 3.05) is 10.6 Å². The number of nitrogens with one attached hydrogen (secondary N) is 2. The highest BCUT2D eigenvalue weighted by atomic mass is 79.9. The van der Waals surface area contributed by atoms with Gasteiger partial charge in [-0.25, -0.2) is 0 Å². The van der Waals surface area contributed by atoms with Crippen LogP contribution in [0.5, 0.6) is 0 Å². The van der Waals surface area contributed by atoms with Gasteiger partial charge in [0.1, 0.15) is 0 Å². The van der Waals surface area contributed by atoms with Gasteiger partial charge in [0.05, 0.1) is 0 Å². The van der Waals surface area contributed by atoms with Crippen molar-refractivity contribution in [2.24, 2.45) is 0 Å². The fourth-order valence-corrected chi connectivity index (χ4v) is 3.63. The van der Waals surface area contributed by atoms with Gasteiger partial charge in [0.2, 0.25) is 0 Å². The van der Waals surface area contributed by atoms with Crippen LogP contribution < -0.4 is 10.6 Å². The van der Waals surface area contributed by atoms with Gasteiger partial charge in [-0.2, -0.15) is 0 Å². The molecule has 0 saturated heterocycles. The van der Waals surface area contributed by atoms with E-state index in [-0.39, 0.29) is 11.8 Å². The number of halogens is 2. The Balaban J connectivity index is 1.39. The van der Waals surface area contributed by atoms with Crippen LogP contribution >= 0.6 is 31.9 Å². The zero-order valence-electron chi connectivity index (χ0n) is 16.8. The maximum Gasteiger partial charge on any atom is 0.255 e. The molecule has 0 aromatic heterocycles. The van der Waals surface area contributed by atoms with E-state index in [9.17, 15) is 9.59 Å². The zero-order valence-corrected chi connectivity index (χ0v) is 20.0. The van der Waals surface area contributed by atoms with E-state index in [1.54, 1.807) is 24.3 Å². The standard InChI is InChI=1S/C26H18Br2N2O2/c27-21-9-1-19(2-10-21)25(31)29-23-13-5-17(6-14-23)18-7-15-24(16-8-18)30-26(32)20-3-11-22(28)12-4-20/h1-16H,(H,29,31)(H,30,32). The van der Waals surface area contributed by atoms with Gasteiger partial charge in [0, 0.05) is 31.4 Å². The van der Waals surface area contributed by atoms with E-state index in [0.29, 0.717) is 11.1 Å². The molecule has 0 aliphatic rings. The third kappa shape index (κ3) is 5.52. The summed E-state index contributed by atoms with van der Waals surface area (Å²) in [6, 6.07) is 29.7. The molecule has 4 aromatic carbocycles. The van der Waals surface area contributed by atoms with Crippen molar-refractivity contribution in [3.8, 4) is 11.1 Å². The smallest absolute Gasteiger partial charge is 0.255 e. The summed E-state index contributed by atoms with van der Waals surface area (Å²) in [5.74, 6) is -0.313. The van der Waals surface area contributed by atoms with Gasteiger partial charge < -0.3 is 10.6 Å². The van der Waals surface area contributed by atoms with Crippen molar-refractivity contribution in [1.82, 2.24) is 0 Å². The Morgan fingerprint density at radius 1 is 0.469 bits per heavy atom. The molecule has 4 rings (SSSR count). The molecule has 2 N–H and O–H groups in total. The molecule has 32 heavy (non-hydrogen) atoms. The van der Waals surface area contributed by atoms with Crippen LogP contribution in [0.25, 0.3) is 11.1 Å². The molecule has 2 amide bonds. The summed E-state index contributed by atoms with van der Waals surface area (Å²) in [7, 11) is 0. The molecule has 4 aromatic rings. The third-order valence-corrected chi connectivity index (χ3v) is 5.89. The maximum absolute atomic E-state index is 12.4. The number of carbonyl (C=O) groups is 2. The zero-order chi connectivity index (χ0) is 22.5. The normalized spacial score (nSPS) is 10.4. The number of carbonyl (C=O) groups excluding carboxylic acids is 2. The average molecular weight is 550 g/mol. The molecule has 4 nitrogen and oxygen atoms in total. The van der Waals surface area contributed by atoms with Crippen molar-refractivity contribution in [3.63, 3.8) is 0 Å². The van der Waals surface area contributed by atoms with Crippen LogP contribution in [0, 0.1) is 0 Å². The lowest BCUT2D eigenvalue weighted by Gasteiger charge is -2.09. The lowest BCUT2D eigenvalue weighted by Crippen LogP contribution is -2.11. The predicted octanol–water partition coefficient (Wildman–Crippen LogP) is 7.38. The summed E-state index contributed by atoms with van der Waals surface area (Å²) in [6.07, 6.45) is 0. The quantitative estimate of drug-likeness (QED) is 0.273. The van der Waals surface area contributed by atoms with Crippen LogP contribution in [0.1, 0.15) is 20.7 Å². The van der Waals surface area contributed by atoms with E-state index in [2.05, 4.69) is 42.5 Å². The van der Waals surface area contributed by atoms with Crippen molar-refractivity contribution in [1.29, 1.82) is 0 Å². The molecule has 0 unspecified atom stereocenters. The molecule has 0 atom stereocenters. The van der Waals surface area contributed by atoms with Crippen LogP contribution in [0.4, 0.5) is 11.4 Å². The SMILES string of the molecule is O=C(Nc1ccc(-c2ccc(NC(=O)c3ccc(Br)cc3)cc2)cc1)c1ccc(Br)cc1. The molecule has 0 bridgehead atoms. The second-order valence-corrected chi connectivity index (χ2v) is 8.91. The molecular weight excluding hydrogens is 532 g/mol. The highest BCUT2D eigenvalue weighted by Gasteiger charge is 2.08. The second kappa shape index (κ2) is 9.94. The van der Waals surface area contributed by atoms with Gasteiger partial charge in [-0.1, -0.05) is 56.1 Å². The van der Waals surface area contributed by atoms with E-state index in [1.807, 2.05) is 72.8 Å². The largest absolute Gasteiger partial charge is 0.322 e. The lowest BCUT2D eigenvalue weighted by atomic mass is 10.0. The Kier molecular flexibility index (Phi) is 6.83. The van der Waals surface area contributed by atoms with Crippen LogP contribution in [-0.2, 0) is 0 Å². The van der Waals surface area contributed by atoms with Crippen molar-refractivity contribution >= 4 is 55.0 Å². The summed E-state index contributed by atoms with van der Waals surface area (Å²) >= 11 is 6.73. The van der Waals surface area contributed by atoms with E-state index < -0.39 is 0 Å². The number of hydrogen-bond donors (Lipinski definition) is 2. The van der Waals surface area contributed by atoms with Gasteiger partial charge >= 0.3 is 0 Å². The van der Waals surface area contributed by atoms with Crippen LogP contribution in [0.2, 0.25) is 0 Å². The molecule has 0 heterocycles. The van der Waals surface area contributed by atoms with E-state index in [0.717, 1.165) is 31.4 Å². The summed E-state index contributed by atoms with van der Waals surface area (Å²) in [6.45, 7) is 0. The predicted molar refractivity (Wildman–Crippen MR) is 136 cm³/mol. The van der Waals surface area contributed by atoms with Crippen LogP contribution in [-0.4, -0.2) is 11.8 Å². The Morgan fingerprint density at radius 3 is 1.09 bits per heavy atom. The molecule has 0 saturated carbocycles. The van der Waals surface area contributed by atoms with Crippen LogP contribution in [0.15, 0.2) is 106 Å². The summed E-state index contributed by atoms with van der Waals surface area (Å²) in [5, 5.41) is 5.80. The van der Waals surface area contributed by atoms with Crippen molar-refractivity contribution < 1.29 is 9.59 Å². The summed E-state index contributed by atoms with van der Waals surface area (Å²) in [4.78, 5) is 24.7. The highest BCUT2D eigenvalue weighted by molar-refractivity contribution is 9.10. The fourth-order valence-electron chi connectivity index (χ4n) is 3.10. The number of rotatable bonds is 5. The Hall–Kier alpha value is -3.22. The molecular formula is C26H18Br2N2O2. The number of amides is 2. The van der Waals surface area contributed by atoms with Gasteiger partial charge in [-0.3, -0.25) is 9.59 Å². The van der Waals surface area contributed by atoms with E-state index >= 15 is 0 Å². The first-order chi connectivity index (χ1) is 15.5. The van der Waals surface area contributed by atoms with Gasteiger partial charge in [0.25, 0.3) is 11.8 Å². The Morgan fingerprint density at radius 2 is 0.781 bits per heavy atom. The summed E-state index contributed by atoms with van der Waals surface area (Å²) in [5.41, 5.74) is 4.66. The monoisotopic (exact) mass is 548 g/mol. The minimum atomic E-state index is -0.156. The van der Waals surface area contributed by atoms with Gasteiger partial charge in [-0.15, -0.1) is 0 Å². The number of anilines is 2. The minimum absolute atomic E-state index is 0.156. The molecule has 0 aliphatic carbocycles. The summed E-state index contributed by atoms with van der Waals surface area (Å²) < 4.78 is 1.86. The molecule has 0 radical (unpaired) electrons. The van der Waals surface area contributed by atoms with Crippen molar-refractivity contribution in [2.45, 2.75) is 0 Å². The van der Waals surface area contributed by atoms with E-state index in [4.69, 9.17) is 0 Å². The van der Waals surface area contributed by atoms with Crippen LogP contribution in [0.3, 0.4) is 0 Å². The highest BCUT2D eigenvalue weighted by Crippen LogP contribution is 2.24. The molecule has 0 spiro atoms. The van der Waals surface area contributed by atoms with Gasteiger partial charge in [0.15, 0.2) is 0 Å². The van der Waals surface area contributed by atoms with E-state index in [1.165, 1.54) is 0 Å². The first kappa shape index (κ1) is 22.0. The lowest BCUT2D eigenvalue weighted by molar-refractivity contribution is 0.101. The third-order valence-electron chi connectivity index (χ3n) is 4.83. The Bertz CT molecular complexity index is 1130. The average Bonchev–Trinajstić information content (AvgIpc) is 2.81. The minimum Gasteiger partial charge on any atom is -0.322 e. The molecule has 0 fully saturated rings. The number of hydrogen-bond acceptors (Lipinski definition) is 2. The van der Waals surface area contributed by atoms with Gasteiger partial charge in [-0.05, 0) is 83.9 Å². The first-order valence-corrected chi connectivity index (χ1v) is 11.4. The molecule has 158 valence electrons. The maximum atomic E-state index is 12.4.